The molecule has 0 aliphatic rings. The minimum Gasteiger partial charge on any atom is -0.495 e. The summed E-state index contributed by atoms with van der Waals surface area (Å²) in [5.41, 5.74) is 2.43. The van der Waals surface area contributed by atoms with E-state index in [1.54, 1.807) is 44.1 Å². The zero-order valence-corrected chi connectivity index (χ0v) is 15.9. The molecule has 2 rings (SSSR count). The van der Waals surface area contributed by atoms with Crippen LogP contribution in [-0.2, 0) is 0 Å². The number of hydrogen-bond acceptors (Lipinski definition) is 4. The van der Waals surface area contributed by atoms with Crippen molar-refractivity contribution < 1.29 is 14.3 Å². The quantitative estimate of drug-likeness (QED) is 0.829. The van der Waals surface area contributed by atoms with Gasteiger partial charge in [0.1, 0.15) is 5.75 Å². The van der Waals surface area contributed by atoms with Gasteiger partial charge in [0.15, 0.2) is 0 Å². The monoisotopic (exact) mass is 358 g/mol. The van der Waals surface area contributed by atoms with Crippen LogP contribution in [0.5, 0.6) is 5.75 Å². The third-order valence-corrected chi connectivity index (χ3v) is 4.52. The normalized spacial score (nSPS) is 10.3. The average Bonchev–Trinajstić information content (AvgIpc) is 2.61. The highest BCUT2D eigenvalue weighted by atomic mass is 32.2. The van der Waals surface area contributed by atoms with E-state index in [0.29, 0.717) is 22.6 Å². The van der Waals surface area contributed by atoms with Gasteiger partial charge in [-0.15, -0.1) is 11.8 Å². The molecule has 0 radical (unpaired) electrons. The van der Waals surface area contributed by atoms with Crippen LogP contribution in [-0.4, -0.2) is 44.2 Å². The predicted molar refractivity (Wildman–Crippen MR) is 102 cm³/mol. The Balaban J connectivity index is 2.36. The van der Waals surface area contributed by atoms with E-state index < -0.39 is 0 Å². The average molecular weight is 358 g/mol. The van der Waals surface area contributed by atoms with Crippen LogP contribution in [0.1, 0.15) is 26.3 Å². The van der Waals surface area contributed by atoms with Crippen LogP contribution < -0.4 is 10.1 Å². The van der Waals surface area contributed by atoms with Gasteiger partial charge in [0.2, 0.25) is 0 Å². The minimum absolute atomic E-state index is 0.140. The Bertz CT molecular complexity index is 803. The molecule has 2 amide bonds. The highest BCUT2D eigenvalue weighted by molar-refractivity contribution is 7.98. The number of ether oxygens (including phenoxy) is 1. The summed E-state index contributed by atoms with van der Waals surface area (Å²) in [5, 5.41) is 2.86. The highest BCUT2D eigenvalue weighted by Crippen LogP contribution is 2.27. The van der Waals surface area contributed by atoms with Crippen molar-refractivity contribution in [2.24, 2.45) is 0 Å². The van der Waals surface area contributed by atoms with Crippen LogP contribution in [0.15, 0.2) is 41.3 Å². The summed E-state index contributed by atoms with van der Waals surface area (Å²) in [4.78, 5) is 27.4. The van der Waals surface area contributed by atoms with E-state index in [9.17, 15) is 9.59 Å². The Labute approximate surface area is 152 Å². The number of rotatable bonds is 5. The lowest BCUT2D eigenvalue weighted by Crippen LogP contribution is -2.22. The zero-order chi connectivity index (χ0) is 18.6. The van der Waals surface area contributed by atoms with E-state index >= 15 is 0 Å². The van der Waals surface area contributed by atoms with E-state index in [0.717, 1.165) is 10.5 Å². The van der Waals surface area contributed by atoms with Crippen molar-refractivity contribution >= 4 is 29.3 Å². The Morgan fingerprint density at radius 2 is 1.84 bits per heavy atom. The van der Waals surface area contributed by atoms with Crippen LogP contribution in [0.4, 0.5) is 5.69 Å². The number of benzene rings is 2. The smallest absolute Gasteiger partial charge is 0.256 e. The molecule has 0 aromatic heterocycles. The summed E-state index contributed by atoms with van der Waals surface area (Å²) in [7, 11) is 4.89. The molecule has 0 saturated carbocycles. The van der Waals surface area contributed by atoms with Crippen molar-refractivity contribution in [3.63, 3.8) is 0 Å². The fourth-order valence-corrected chi connectivity index (χ4v) is 2.80. The van der Waals surface area contributed by atoms with Crippen LogP contribution in [0.3, 0.4) is 0 Å². The zero-order valence-electron chi connectivity index (χ0n) is 15.0. The third kappa shape index (κ3) is 4.33. The number of anilines is 1. The Morgan fingerprint density at radius 1 is 1.12 bits per heavy atom. The van der Waals surface area contributed by atoms with Crippen LogP contribution in [0.25, 0.3) is 0 Å². The van der Waals surface area contributed by atoms with Gasteiger partial charge in [-0.3, -0.25) is 9.59 Å². The number of nitrogens with one attached hydrogen (secondary N) is 1. The van der Waals surface area contributed by atoms with Crippen LogP contribution in [0, 0.1) is 6.92 Å². The number of aryl methyl sites for hydroxylation is 1. The second kappa shape index (κ2) is 8.07. The lowest BCUT2D eigenvalue weighted by Gasteiger charge is -2.15. The van der Waals surface area contributed by atoms with Crippen molar-refractivity contribution in [3.8, 4) is 5.75 Å². The lowest BCUT2D eigenvalue weighted by atomic mass is 10.1. The number of carbonyl (C=O) groups is 2. The van der Waals surface area contributed by atoms with Gasteiger partial charge in [0.25, 0.3) is 11.8 Å². The van der Waals surface area contributed by atoms with E-state index in [4.69, 9.17) is 4.74 Å². The second-order valence-corrected chi connectivity index (χ2v) is 6.63. The Morgan fingerprint density at radius 3 is 2.44 bits per heavy atom. The van der Waals surface area contributed by atoms with Crippen molar-refractivity contribution in [1.82, 2.24) is 4.90 Å². The number of carbonyl (C=O) groups excluding carboxylic acids is 2. The molecule has 0 spiro atoms. The summed E-state index contributed by atoms with van der Waals surface area (Å²) in [6.07, 6.45) is 1.96. The molecule has 0 unspecified atom stereocenters. The van der Waals surface area contributed by atoms with E-state index in [2.05, 4.69) is 5.32 Å². The van der Waals surface area contributed by atoms with Crippen molar-refractivity contribution in [3.05, 3.63) is 53.1 Å². The van der Waals surface area contributed by atoms with E-state index in [-0.39, 0.29) is 11.8 Å². The fraction of sp³-hybridized carbons (Fsp3) is 0.263. The Kier molecular flexibility index (Phi) is 6.09. The van der Waals surface area contributed by atoms with Crippen molar-refractivity contribution in [2.75, 3.05) is 32.8 Å². The first-order chi connectivity index (χ1) is 11.9. The topological polar surface area (TPSA) is 58.6 Å². The molecule has 0 saturated heterocycles. The van der Waals surface area contributed by atoms with Crippen molar-refractivity contribution in [2.45, 2.75) is 11.8 Å². The SMILES string of the molecule is COc1ccc(C(=O)N(C)C)cc1NC(=O)c1cc(SC)ccc1C. The number of thioether (sulfide) groups is 1. The van der Waals surface area contributed by atoms with Gasteiger partial charge in [0.05, 0.1) is 12.8 Å². The van der Waals surface area contributed by atoms with E-state index in [1.807, 2.05) is 31.4 Å². The second-order valence-electron chi connectivity index (χ2n) is 5.75. The summed E-state index contributed by atoms with van der Waals surface area (Å²) in [6, 6.07) is 10.7. The first kappa shape index (κ1) is 18.9. The van der Waals surface area contributed by atoms with Gasteiger partial charge in [0, 0.05) is 30.1 Å². The number of amides is 2. The fourth-order valence-electron chi connectivity index (χ4n) is 2.36. The minimum atomic E-state index is -0.235. The molecule has 0 heterocycles. The molecule has 25 heavy (non-hydrogen) atoms. The molecule has 0 aliphatic carbocycles. The maximum atomic E-state index is 12.7. The van der Waals surface area contributed by atoms with E-state index in [1.165, 1.54) is 12.0 Å². The molecule has 0 fully saturated rings. The summed E-state index contributed by atoms with van der Waals surface area (Å²) >= 11 is 1.58. The van der Waals surface area contributed by atoms with Gasteiger partial charge in [-0.1, -0.05) is 6.07 Å². The largest absolute Gasteiger partial charge is 0.495 e. The highest BCUT2D eigenvalue weighted by Gasteiger charge is 2.16. The van der Waals surface area contributed by atoms with Gasteiger partial charge in [-0.05, 0) is 49.1 Å². The van der Waals surface area contributed by atoms with Crippen LogP contribution >= 0.6 is 11.8 Å². The maximum absolute atomic E-state index is 12.7. The first-order valence-corrected chi connectivity index (χ1v) is 8.95. The first-order valence-electron chi connectivity index (χ1n) is 7.73. The number of nitrogens with zero attached hydrogens (tertiary/aromatic N) is 1. The molecule has 5 nitrogen and oxygen atoms in total. The molecular weight excluding hydrogens is 336 g/mol. The van der Waals surface area contributed by atoms with Crippen molar-refractivity contribution in [1.29, 1.82) is 0 Å². The van der Waals surface area contributed by atoms with Gasteiger partial charge >= 0.3 is 0 Å². The Hall–Kier alpha value is -2.47. The maximum Gasteiger partial charge on any atom is 0.256 e. The van der Waals surface area contributed by atoms with Gasteiger partial charge < -0.3 is 15.0 Å². The van der Waals surface area contributed by atoms with Crippen LogP contribution in [0.2, 0.25) is 0 Å². The summed E-state index contributed by atoms with van der Waals surface area (Å²) in [6.45, 7) is 1.89. The predicted octanol–water partition coefficient (Wildman–Crippen LogP) is 3.68. The standard InChI is InChI=1S/C19H22N2O3S/c1-12-6-8-14(25-5)11-15(12)18(22)20-16-10-13(19(23)21(2)3)7-9-17(16)24-4/h6-11H,1-5H3,(H,20,22). The molecule has 0 atom stereocenters. The van der Waals surface area contributed by atoms with Gasteiger partial charge in [-0.25, -0.2) is 0 Å². The van der Waals surface area contributed by atoms with Gasteiger partial charge in [-0.2, -0.15) is 0 Å². The molecule has 1 N–H and O–H groups in total. The summed E-state index contributed by atoms with van der Waals surface area (Å²) in [5.74, 6) is 0.127. The molecule has 0 bridgehead atoms. The molecule has 132 valence electrons. The molecule has 2 aromatic carbocycles. The molecular formula is C19H22N2O3S. The lowest BCUT2D eigenvalue weighted by molar-refractivity contribution is 0.0827. The number of methoxy groups -OCH3 is 1. The molecule has 6 heteroatoms. The molecule has 2 aromatic rings. The third-order valence-electron chi connectivity index (χ3n) is 3.79. The summed E-state index contributed by atoms with van der Waals surface area (Å²) < 4.78 is 5.31. The number of hydrogen-bond donors (Lipinski definition) is 1. The molecule has 0 aliphatic heterocycles.